The van der Waals surface area contributed by atoms with Crippen LogP contribution in [0.1, 0.15) is 28.7 Å². The first-order chi connectivity index (χ1) is 20.5. The fourth-order valence-electron chi connectivity index (χ4n) is 6.20. The number of benzene rings is 4. The van der Waals surface area contributed by atoms with Crippen LogP contribution in [0.25, 0.3) is 0 Å². The molecule has 0 unspecified atom stereocenters. The van der Waals surface area contributed by atoms with Gasteiger partial charge in [0, 0.05) is 26.1 Å². The summed E-state index contributed by atoms with van der Waals surface area (Å²) in [6, 6.07) is 31.5. The topological polar surface area (TPSA) is 49.9 Å². The maximum Gasteiger partial charge on any atom is 0.237 e. The molecule has 2 aliphatic rings. The van der Waals surface area contributed by atoms with Gasteiger partial charge >= 0.3 is 0 Å². The molecule has 0 spiro atoms. The lowest BCUT2D eigenvalue weighted by molar-refractivity contribution is -0.138. The molecule has 42 heavy (non-hydrogen) atoms. The standard InChI is InChI=1S/C36H35FN2O3/c37-31-12-16-33(17-13-31)42-32-14-10-27(11-15-32)22-35(40)34-21-28(20-26-6-2-1-3-7-26)23-39(34)36(41)25-38-19-18-29-8-4-5-9-30(29)24-38/h1-17,28,34H,18-25H2/t28-,34+/m1/s1. The monoisotopic (exact) mass is 562 g/mol. The Kier molecular flexibility index (Phi) is 8.42. The van der Waals surface area contributed by atoms with E-state index in [9.17, 15) is 14.0 Å². The molecule has 214 valence electrons. The lowest BCUT2D eigenvalue weighted by Gasteiger charge is -2.31. The molecule has 2 aliphatic heterocycles. The molecular weight excluding hydrogens is 527 g/mol. The van der Waals surface area contributed by atoms with Crippen molar-refractivity contribution in [1.29, 1.82) is 0 Å². The SMILES string of the molecule is O=C(Cc1ccc(Oc2ccc(F)cc2)cc1)[C@@H]1C[C@@H](Cc2ccccc2)CN1C(=O)CN1CCc2ccccc2C1. The van der Waals surface area contributed by atoms with E-state index in [2.05, 4.69) is 41.3 Å². The van der Waals surface area contributed by atoms with Crippen molar-refractivity contribution >= 4 is 11.7 Å². The van der Waals surface area contributed by atoms with Gasteiger partial charge in [0.2, 0.25) is 5.91 Å². The van der Waals surface area contributed by atoms with Crippen LogP contribution in [0.5, 0.6) is 11.5 Å². The van der Waals surface area contributed by atoms with Gasteiger partial charge in [-0.05, 0) is 83.8 Å². The average Bonchev–Trinajstić information content (AvgIpc) is 3.44. The van der Waals surface area contributed by atoms with Gasteiger partial charge in [0.15, 0.2) is 5.78 Å². The van der Waals surface area contributed by atoms with Gasteiger partial charge in [-0.2, -0.15) is 0 Å². The van der Waals surface area contributed by atoms with E-state index >= 15 is 0 Å². The Hall–Kier alpha value is -4.29. The van der Waals surface area contributed by atoms with Crippen LogP contribution in [-0.4, -0.2) is 47.2 Å². The summed E-state index contributed by atoms with van der Waals surface area (Å²) in [6.45, 7) is 2.52. The van der Waals surface area contributed by atoms with Crippen molar-refractivity contribution < 1.29 is 18.7 Å². The number of nitrogens with zero attached hydrogens (tertiary/aromatic N) is 2. The van der Waals surface area contributed by atoms with Gasteiger partial charge in [0.1, 0.15) is 17.3 Å². The highest BCUT2D eigenvalue weighted by molar-refractivity contribution is 5.91. The first kappa shape index (κ1) is 27.9. The van der Waals surface area contributed by atoms with Crippen molar-refractivity contribution in [3.8, 4) is 11.5 Å². The van der Waals surface area contributed by atoms with Crippen molar-refractivity contribution in [1.82, 2.24) is 9.80 Å². The summed E-state index contributed by atoms with van der Waals surface area (Å²) in [4.78, 5) is 31.5. The third-order valence-corrected chi connectivity index (χ3v) is 8.37. The molecule has 6 heteroatoms. The number of carbonyl (C=O) groups is 2. The van der Waals surface area contributed by atoms with E-state index in [4.69, 9.17) is 4.74 Å². The molecule has 6 rings (SSSR count). The van der Waals surface area contributed by atoms with Crippen LogP contribution in [0.2, 0.25) is 0 Å². The molecule has 0 aromatic heterocycles. The van der Waals surface area contributed by atoms with Crippen LogP contribution in [0.15, 0.2) is 103 Å². The number of halogens is 1. The molecule has 0 bridgehead atoms. The number of Topliss-reactive ketones (excluding diaryl/α,β-unsaturated/α-hetero) is 1. The molecule has 2 heterocycles. The van der Waals surface area contributed by atoms with Crippen molar-refractivity contribution in [2.45, 2.75) is 38.3 Å². The number of amides is 1. The molecular formula is C36H35FN2O3. The van der Waals surface area contributed by atoms with Crippen LogP contribution < -0.4 is 4.74 Å². The largest absolute Gasteiger partial charge is 0.457 e. The summed E-state index contributed by atoms with van der Waals surface area (Å²) in [7, 11) is 0. The molecule has 0 saturated carbocycles. The number of fused-ring (bicyclic) bond motifs is 1. The molecule has 0 radical (unpaired) electrons. The highest BCUT2D eigenvalue weighted by Gasteiger charge is 2.39. The van der Waals surface area contributed by atoms with Crippen LogP contribution in [0, 0.1) is 11.7 Å². The van der Waals surface area contributed by atoms with E-state index in [0.29, 0.717) is 31.0 Å². The lowest BCUT2D eigenvalue weighted by Crippen LogP contribution is -2.47. The molecule has 0 aliphatic carbocycles. The zero-order valence-corrected chi connectivity index (χ0v) is 23.6. The van der Waals surface area contributed by atoms with Gasteiger partial charge in [0.05, 0.1) is 12.6 Å². The highest BCUT2D eigenvalue weighted by atomic mass is 19.1. The zero-order chi connectivity index (χ0) is 28.9. The Morgan fingerprint density at radius 1 is 0.786 bits per heavy atom. The smallest absolute Gasteiger partial charge is 0.237 e. The highest BCUT2D eigenvalue weighted by Crippen LogP contribution is 2.29. The fourth-order valence-corrected chi connectivity index (χ4v) is 6.20. The quantitative estimate of drug-likeness (QED) is 0.242. The van der Waals surface area contributed by atoms with Crippen molar-refractivity contribution in [2.75, 3.05) is 19.6 Å². The van der Waals surface area contributed by atoms with Crippen LogP contribution >= 0.6 is 0 Å². The van der Waals surface area contributed by atoms with E-state index in [1.807, 2.05) is 47.4 Å². The van der Waals surface area contributed by atoms with Gasteiger partial charge < -0.3 is 9.64 Å². The van der Waals surface area contributed by atoms with E-state index in [0.717, 1.165) is 31.5 Å². The van der Waals surface area contributed by atoms with Crippen molar-refractivity contribution in [3.63, 3.8) is 0 Å². The molecule has 4 aromatic carbocycles. The predicted molar refractivity (Wildman–Crippen MR) is 161 cm³/mol. The minimum absolute atomic E-state index is 0.0336. The second kappa shape index (κ2) is 12.7. The molecule has 4 aromatic rings. The molecule has 5 nitrogen and oxygen atoms in total. The van der Waals surface area contributed by atoms with E-state index in [-0.39, 0.29) is 29.8 Å². The number of ether oxygens (including phenoxy) is 1. The Morgan fingerprint density at radius 2 is 1.45 bits per heavy atom. The maximum atomic E-state index is 13.7. The zero-order valence-electron chi connectivity index (χ0n) is 23.6. The molecule has 1 fully saturated rings. The van der Waals surface area contributed by atoms with Gasteiger partial charge in [-0.3, -0.25) is 14.5 Å². The van der Waals surface area contributed by atoms with Crippen molar-refractivity contribution in [2.24, 2.45) is 5.92 Å². The number of ketones is 1. The molecule has 2 atom stereocenters. The third-order valence-electron chi connectivity index (χ3n) is 8.37. The van der Waals surface area contributed by atoms with Crippen molar-refractivity contribution in [3.05, 3.63) is 131 Å². The maximum absolute atomic E-state index is 13.7. The summed E-state index contributed by atoms with van der Waals surface area (Å²) in [6.07, 6.45) is 2.71. The minimum Gasteiger partial charge on any atom is -0.457 e. The van der Waals surface area contributed by atoms with E-state index < -0.39 is 6.04 Å². The van der Waals surface area contributed by atoms with Gasteiger partial charge in [0.25, 0.3) is 0 Å². The first-order valence-electron chi connectivity index (χ1n) is 14.7. The Bertz CT molecular complexity index is 1520. The Labute approximate surface area is 246 Å². The molecule has 1 saturated heterocycles. The van der Waals surface area contributed by atoms with E-state index in [1.165, 1.54) is 28.8 Å². The number of hydrogen-bond acceptors (Lipinski definition) is 4. The third kappa shape index (κ3) is 6.77. The summed E-state index contributed by atoms with van der Waals surface area (Å²) >= 11 is 0. The number of carbonyl (C=O) groups excluding carboxylic acids is 2. The van der Waals surface area contributed by atoms with Gasteiger partial charge in [-0.1, -0.05) is 66.7 Å². The minimum atomic E-state index is -0.432. The summed E-state index contributed by atoms with van der Waals surface area (Å²) in [5, 5.41) is 0. The average molecular weight is 563 g/mol. The summed E-state index contributed by atoms with van der Waals surface area (Å²) < 4.78 is 19.0. The molecule has 1 amide bonds. The predicted octanol–water partition coefficient (Wildman–Crippen LogP) is 6.25. The van der Waals surface area contributed by atoms with E-state index in [1.54, 1.807) is 12.1 Å². The number of hydrogen-bond donors (Lipinski definition) is 0. The number of likely N-dealkylation sites (tertiary alicyclic amines) is 1. The second-order valence-electron chi connectivity index (χ2n) is 11.4. The molecule has 0 N–H and O–H groups in total. The van der Waals surface area contributed by atoms with Gasteiger partial charge in [-0.25, -0.2) is 4.39 Å². The fraction of sp³-hybridized carbons (Fsp3) is 0.278. The normalized spacial score (nSPS) is 18.5. The Balaban J connectivity index is 1.13. The summed E-state index contributed by atoms with van der Waals surface area (Å²) in [5.74, 6) is 1.17. The van der Waals surface area contributed by atoms with Crippen LogP contribution in [-0.2, 0) is 35.4 Å². The lowest BCUT2D eigenvalue weighted by atomic mass is 9.94. The second-order valence-corrected chi connectivity index (χ2v) is 11.4. The summed E-state index contributed by atoms with van der Waals surface area (Å²) in [5.41, 5.74) is 4.73. The van der Waals surface area contributed by atoms with Crippen LogP contribution in [0.3, 0.4) is 0 Å². The van der Waals surface area contributed by atoms with Gasteiger partial charge in [-0.15, -0.1) is 0 Å². The first-order valence-corrected chi connectivity index (χ1v) is 14.7. The van der Waals surface area contributed by atoms with Crippen LogP contribution in [0.4, 0.5) is 4.39 Å². The number of rotatable bonds is 9. The Morgan fingerprint density at radius 3 is 2.19 bits per heavy atom.